The lowest BCUT2D eigenvalue weighted by Gasteiger charge is -2.23. The van der Waals surface area contributed by atoms with Crippen LogP contribution in [0, 0.1) is 5.82 Å². The predicted octanol–water partition coefficient (Wildman–Crippen LogP) is 2.86. The van der Waals surface area contributed by atoms with Crippen LogP contribution in [-0.2, 0) is 12.8 Å². The lowest BCUT2D eigenvalue weighted by atomic mass is 9.98. The summed E-state index contributed by atoms with van der Waals surface area (Å²) in [6, 6.07) is 12.2. The van der Waals surface area contributed by atoms with Gasteiger partial charge in [-0.15, -0.1) is 0 Å². The van der Waals surface area contributed by atoms with E-state index < -0.39 is 0 Å². The maximum Gasteiger partial charge on any atom is 0.124 e. The number of nitrogens with one attached hydrogen (secondary N) is 1. The van der Waals surface area contributed by atoms with Gasteiger partial charge in [0.05, 0.1) is 6.04 Å². The summed E-state index contributed by atoms with van der Waals surface area (Å²) in [6.07, 6.45) is 1.31. The second-order valence-electron chi connectivity index (χ2n) is 5.18. The van der Waals surface area contributed by atoms with Crippen molar-refractivity contribution in [3.8, 4) is 5.75 Å². The zero-order chi connectivity index (χ0) is 14.8. The maximum atomic E-state index is 13.1. The summed E-state index contributed by atoms with van der Waals surface area (Å²) in [5.74, 6) is 6.22. The summed E-state index contributed by atoms with van der Waals surface area (Å²) in [5, 5.41) is 0.408. The Morgan fingerprint density at radius 3 is 2.86 bits per heavy atom. The van der Waals surface area contributed by atoms with Crippen molar-refractivity contribution in [2.75, 3.05) is 0 Å². The Bertz CT molecular complexity index is 625. The van der Waals surface area contributed by atoms with Gasteiger partial charge in [0.2, 0.25) is 0 Å². The van der Waals surface area contributed by atoms with Crippen molar-refractivity contribution in [1.29, 1.82) is 0 Å². The zero-order valence-electron chi connectivity index (χ0n) is 11.4. The van der Waals surface area contributed by atoms with Crippen LogP contribution in [0.4, 0.5) is 4.39 Å². The smallest absolute Gasteiger partial charge is 0.124 e. The van der Waals surface area contributed by atoms with Gasteiger partial charge in [-0.2, -0.15) is 0 Å². The Balaban J connectivity index is 1.75. The number of ether oxygens (including phenoxy) is 1. The molecule has 110 valence electrons. The number of benzene rings is 2. The fraction of sp³-hybridized carbons (Fsp3) is 0.250. The minimum absolute atomic E-state index is 0.0616. The first kappa shape index (κ1) is 14.3. The molecule has 0 bridgehead atoms. The van der Waals surface area contributed by atoms with Crippen LogP contribution in [0.25, 0.3) is 0 Å². The average molecular weight is 307 g/mol. The second-order valence-corrected chi connectivity index (χ2v) is 5.59. The SMILES string of the molecule is NNC(Cc1ccc(F)cc1Cl)C1Cc2ccccc2O1. The van der Waals surface area contributed by atoms with Gasteiger partial charge in [0.1, 0.15) is 17.7 Å². The van der Waals surface area contributed by atoms with Crippen LogP contribution in [0.3, 0.4) is 0 Å². The zero-order valence-corrected chi connectivity index (χ0v) is 12.1. The third kappa shape index (κ3) is 3.02. The quantitative estimate of drug-likeness (QED) is 0.674. The van der Waals surface area contributed by atoms with Gasteiger partial charge in [0, 0.05) is 11.4 Å². The molecule has 0 saturated carbocycles. The number of nitrogens with two attached hydrogens (primary N) is 1. The predicted molar refractivity (Wildman–Crippen MR) is 80.8 cm³/mol. The molecule has 3 rings (SSSR count). The van der Waals surface area contributed by atoms with Crippen LogP contribution in [0.15, 0.2) is 42.5 Å². The van der Waals surface area contributed by atoms with Crippen LogP contribution >= 0.6 is 11.6 Å². The summed E-state index contributed by atoms with van der Waals surface area (Å²) < 4.78 is 19.0. The van der Waals surface area contributed by atoms with E-state index in [4.69, 9.17) is 22.2 Å². The van der Waals surface area contributed by atoms with Crippen LogP contribution in [-0.4, -0.2) is 12.1 Å². The number of rotatable bonds is 4. The minimum Gasteiger partial charge on any atom is -0.488 e. The molecule has 3 nitrogen and oxygen atoms in total. The first-order valence-corrected chi connectivity index (χ1v) is 7.20. The van der Waals surface area contributed by atoms with E-state index in [9.17, 15) is 4.39 Å². The molecule has 0 aromatic heterocycles. The fourth-order valence-corrected chi connectivity index (χ4v) is 2.90. The van der Waals surface area contributed by atoms with Crippen molar-refractivity contribution < 1.29 is 9.13 Å². The molecule has 2 aromatic carbocycles. The van der Waals surface area contributed by atoms with Crippen LogP contribution < -0.4 is 16.0 Å². The van der Waals surface area contributed by atoms with Crippen molar-refractivity contribution in [2.24, 2.45) is 5.84 Å². The summed E-state index contributed by atoms with van der Waals surface area (Å²) in [4.78, 5) is 0. The first-order chi connectivity index (χ1) is 10.2. The molecule has 0 fully saturated rings. The molecule has 5 heteroatoms. The first-order valence-electron chi connectivity index (χ1n) is 6.82. The molecule has 21 heavy (non-hydrogen) atoms. The lowest BCUT2D eigenvalue weighted by molar-refractivity contribution is 0.177. The topological polar surface area (TPSA) is 47.3 Å². The van der Waals surface area contributed by atoms with Gasteiger partial charge in [-0.1, -0.05) is 35.9 Å². The van der Waals surface area contributed by atoms with E-state index in [1.165, 1.54) is 17.7 Å². The van der Waals surface area contributed by atoms with Crippen molar-refractivity contribution in [3.05, 3.63) is 64.4 Å². The number of hydrogen-bond donors (Lipinski definition) is 2. The summed E-state index contributed by atoms with van der Waals surface area (Å²) in [7, 11) is 0. The lowest BCUT2D eigenvalue weighted by Crippen LogP contribution is -2.47. The average Bonchev–Trinajstić information content (AvgIpc) is 2.90. The standard InChI is InChI=1S/C16H16ClFN2O/c17-13-9-12(18)6-5-10(13)7-14(20-19)16-8-11-3-1-2-4-15(11)21-16/h1-6,9,14,16,20H,7-8,19H2. The monoisotopic (exact) mass is 306 g/mol. The van der Waals surface area contributed by atoms with Gasteiger partial charge in [0.25, 0.3) is 0 Å². The molecular formula is C16H16ClFN2O. The van der Waals surface area contributed by atoms with Crippen LogP contribution in [0.1, 0.15) is 11.1 Å². The van der Waals surface area contributed by atoms with E-state index in [1.54, 1.807) is 6.07 Å². The highest BCUT2D eigenvalue weighted by atomic mass is 35.5. The molecule has 0 amide bonds. The molecule has 2 unspecified atom stereocenters. The summed E-state index contributed by atoms with van der Waals surface area (Å²) in [6.45, 7) is 0. The minimum atomic E-state index is -0.342. The molecule has 3 N–H and O–H groups in total. The highest BCUT2D eigenvalue weighted by Crippen LogP contribution is 2.30. The number of hydrogen-bond acceptors (Lipinski definition) is 3. The molecule has 1 aliphatic rings. The van der Waals surface area contributed by atoms with Crippen LogP contribution in [0.2, 0.25) is 5.02 Å². The van der Waals surface area contributed by atoms with E-state index in [1.807, 2.05) is 24.3 Å². The molecule has 1 aliphatic heterocycles. The molecule has 2 aromatic rings. The Morgan fingerprint density at radius 2 is 2.14 bits per heavy atom. The van der Waals surface area contributed by atoms with E-state index in [0.717, 1.165) is 17.7 Å². The Kier molecular flexibility index (Phi) is 4.10. The van der Waals surface area contributed by atoms with E-state index >= 15 is 0 Å². The van der Waals surface area contributed by atoms with Gasteiger partial charge >= 0.3 is 0 Å². The van der Waals surface area contributed by atoms with Gasteiger partial charge in [-0.3, -0.25) is 11.3 Å². The number of fused-ring (bicyclic) bond motifs is 1. The highest BCUT2D eigenvalue weighted by molar-refractivity contribution is 6.31. The van der Waals surface area contributed by atoms with Gasteiger partial charge < -0.3 is 4.74 Å². The molecule has 0 aliphatic carbocycles. The normalized spacial score (nSPS) is 18.1. The van der Waals surface area contributed by atoms with Gasteiger partial charge in [-0.25, -0.2) is 4.39 Å². The van der Waals surface area contributed by atoms with Crippen molar-refractivity contribution in [1.82, 2.24) is 5.43 Å². The molecular weight excluding hydrogens is 291 g/mol. The van der Waals surface area contributed by atoms with Crippen molar-refractivity contribution in [2.45, 2.75) is 25.0 Å². The second kappa shape index (κ2) is 6.02. The molecule has 0 saturated heterocycles. The Morgan fingerprint density at radius 1 is 1.33 bits per heavy atom. The van der Waals surface area contributed by atoms with Gasteiger partial charge in [-0.05, 0) is 35.7 Å². The fourth-order valence-electron chi connectivity index (χ4n) is 2.66. The summed E-state index contributed by atoms with van der Waals surface area (Å²) >= 11 is 6.08. The molecule has 1 heterocycles. The molecule has 0 radical (unpaired) electrons. The number of hydrazine groups is 1. The highest BCUT2D eigenvalue weighted by Gasteiger charge is 2.30. The largest absolute Gasteiger partial charge is 0.488 e. The molecule has 2 atom stereocenters. The van der Waals surface area contributed by atoms with E-state index in [0.29, 0.717) is 11.4 Å². The maximum absolute atomic E-state index is 13.1. The van der Waals surface area contributed by atoms with E-state index in [-0.39, 0.29) is 18.0 Å². The van der Waals surface area contributed by atoms with Crippen molar-refractivity contribution in [3.63, 3.8) is 0 Å². The number of para-hydroxylation sites is 1. The third-order valence-electron chi connectivity index (χ3n) is 3.79. The van der Waals surface area contributed by atoms with Gasteiger partial charge in [0.15, 0.2) is 0 Å². The number of halogens is 2. The Labute approximate surface area is 127 Å². The molecule has 0 spiro atoms. The van der Waals surface area contributed by atoms with Crippen molar-refractivity contribution >= 4 is 11.6 Å². The Hall–Kier alpha value is -1.62. The van der Waals surface area contributed by atoms with Crippen LogP contribution in [0.5, 0.6) is 5.75 Å². The third-order valence-corrected chi connectivity index (χ3v) is 4.14. The summed E-state index contributed by atoms with van der Waals surface area (Å²) in [5.41, 5.74) is 4.81. The van der Waals surface area contributed by atoms with E-state index in [2.05, 4.69) is 5.43 Å².